The average molecular weight is 348 g/mol. The van der Waals surface area contributed by atoms with Crippen LogP contribution in [0.4, 0.5) is 0 Å². The lowest BCUT2D eigenvalue weighted by atomic mass is 10.1. The fraction of sp³-hybridized carbons (Fsp3) is 0.474. The van der Waals surface area contributed by atoms with Crippen molar-refractivity contribution >= 4 is 11.8 Å². The summed E-state index contributed by atoms with van der Waals surface area (Å²) in [5.41, 5.74) is 1.04. The van der Waals surface area contributed by atoms with Crippen LogP contribution in [0, 0.1) is 0 Å². The molecule has 6 nitrogen and oxygen atoms in total. The van der Waals surface area contributed by atoms with Gasteiger partial charge in [-0.3, -0.25) is 9.59 Å². The summed E-state index contributed by atoms with van der Waals surface area (Å²) in [6, 6.07) is 5.77. The highest BCUT2D eigenvalue weighted by Gasteiger charge is 2.12. The third kappa shape index (κ3) is 7.28. The Bertz CT molecular complexity index is 587. The molecule has 0 unspecified atom stereocenters. The number of carbonyl (C=O) groups is 2. The van der Waals surface area contributed by atoms with Crippen LogP contribution in [-0.2, 0) is 16.0 Å². The van der Waals surface area contributed by atoms with E-state index in [0.29, 0.717) is 38.5 Å². The quantitative estimate of drug-likeness (QED) is 0.623. The lowest BCUT2D eigenvalue weighted by Gasteiger charge is -2.18. The zero-order valence-corrected chi connectivity index (χ0v) is 15.3. The second-order valence-electron chi connectivity index (χ2n) is 5.44. The van der Waals surface area contributed by atoms with E-state index < -0.39 is 0 Å². The van der Waals surface area contributed by atoms with Crippen molar-refractivity contribution in [2.75, 3.05) is 32.8 Å². The van der Waals surface area contributed by atoms with Gasteiger partial charge in [-0.05, 0) is 38.0 Å². The van der Waals surface area contributed by atoms with Crippen molar-refractivity contribution in [3.63, 3.8) is 0 Å². The van der Waals surface area contributed by atoms with E-state index in [2.05, 4.69) is 11.9 Å². The van der Waals surface area contributed by atoms with E-state index in [4.69, 9.17) is 9.47 Å². The van der Waals surface area contributed by atoms with Crippen molar-refractivity contribution in [1.82, 2.24) is 10.2 Å². The van der Waals surface area contributed by atoms with Gasteiger partial charge < -0.3 is 19.7 Å². The standard InChI is InChI=1S/C19H28N2O4/c1-5-12-21(15(4)22)14-19(23)20-11-10-16-8-9-17(24-6-2)18(13-16)25-7-3/h5,8-9,13H,1,6-7,10-12,14H2,2-4H3,(H,20,23). The van der Waals surface area contributed by atoms with E-state index in [-0.39, 0.29) is 18.4 Å². The molecule has 1 aromatic carbocycles. The van der Waals surface area contributed by atoms with Gasteiger partial charge >= 0.3 is 0 Å². The summed E-state index contributed by atoms with van der Waals surface area (Å²) in [6.07, 6.45) is 2.27. The number of hydrogen-bond donors (Lipinski definition) is 1. The van der Waals surface area contributed by atoms with Gasteiger partial charge in [0, 0.05) is 20.0 Å². The first kappa shape index (κ1) is 20.5. The van der Waals surface area contributed by atoms with Crippen LogP contribution in [0.5, 0.6) is 11.5 Å². The van der Waals surface area contributed by atoms with Crippen LogP contribution in [0.25, 0.3) is 0 Å². The monoisotopic (exact) mass is 348 g/mol. The molecule has 0 aliphatic rings. The molecule has 6 heteroatoms. The van der Waals surface area contributed by atoms with E-state index in [0.717, 1.165) is 11.3 Å². The Kier molecular flexibility index (Phi) is 9.14. The first-order chi connectivity index (χ1) is 12.0. The molecule has 1 aromatic rings. The third-order valence-corrected chi connectivity index (χ3v) is 3.47. The topological polar surface area (TPSA) is 67.9 Å². The van der Waals surface area contributed by atoms with Crippen LogP contribution in [0.3, 0.4) is 0 Å². The maximum absolute atomic E-state index is 11.9. The summed E-state index contributed by atoms with van der Waals surface area (Å²) in [5, 5.41) is 2.83. The zero-order valence-electron chi connectivity index (χ0n) is 15.3. The molecule has 0 heterocycles. The summed E-state index contributed by atoms with van der Waals surface area (Å²) in [6.45, 7) is 10.9. The Morgan fingerprint density at radius 1 is 1.20 bits per heavy atom. The molecule has 0 aliphatic carbocycles. The van der Waals surface area contributed by atoms with Gasteiger partial charge in [-0.25, -0.2) is 0 Å². The van der Waals surface area contributed by atoms with Crippen LogP contribution in [0.2, 0.25) is 0 Å². The van der Waals surface area contributed by atoms with Crippen molar-refractivity contribution in [3.05, 3.63) is 36.4 Å². The molecule has 0 bridgehead atoms. The molecule has 0 aromatic heterocycles. The highest BCUT2D eigenvalue weighted by Crippen LogP contribution is 2.28. The maximum Gasteiger partial charge on any atom is 0.239 e. The van der Waals surface area contributed by atoms with Crippen LogP contribution in [0.15, 0.2) is 30.9 Å². The fourth-order valence-electron chi connectivity index (χ4n) is 2.29. The number of nitrogens with one attached hydrogen (secondary N) is 1. The minimum Gasteiger partial charge on any atom is -0.490 e. The van der Waals surface area contributed by atoms with Gasteiger partial charge in [0.25, 0.3) is 0 Å². The number of benzene rings is 1. The Balaban J connectivity index is 2.54. The predicted molar refractivity (Wildman–Crippen MR) is 97.9 cm³/mol. The molecule has 0 fully saturated rings. The molecule has 0 radical (unpaired) electrons. The van der Waals surface area contributed by atoms with E-state index in [1.807, 2.05) is 32.0 Å². The highest BCUT2D eigenvalue weighted by molar-refractivity contribution is 5.83. The molecule has 25 heavy (non-hydrogen) atoms. The largest absolute Gasteiger partial charge is 0.490 e. The van der Waals surface area contributed by atoms with E-state index in [9.17, 15) is 9.59 Å². The minimum absolute atomic E-state index is 0.0365. The zero-order chi connectivity index (χ0) is 18.7. The molecule has 1 N–H and O–H groups in total. The van der Waals surface area contributed by atoms with Crippen molar-refractivity contribution in [2.45, 2.75) is 27.2 Å². The summed E-state index contributed by atoms with van der Waals surface area (Å²) >= 11 is 0. The first-order valence-corrected chi connectivity index (χ1v) is 8.53. The number of hydrogen-bond acceptors (Lipinski definition) is 4. The normalized spacial score (nSPS) is 10.0. The molecule has 0 aliphatic heterocycles. The number of carbonyl (C=O) groups excluding carboxylic acids is 2. The molecule has 1 rings (SSSR count). The van der Waals surface area contributed by atoms with Crippen molar-refractivity contribution < 1.29 is 19.1 Å². The van der Waals surface area contributed by atoms with Crippen molar-refractivity contribution in [2.24, 2.45) is 0 Å². The van der Waals surface area contributed by atoms with Crippen LogP contribution in [-0.4, -0.2) is 49.6 Å². The summed E-state index contributed by atoms with van der Waals surface area (Å²) in [7, 11) is 0. The highest BCUT2D eigenvalue weighted by atomic mass is 16.5. The average Bonchev–Trinajstić information content (AvgIpc) is 2.57. The lowest BCUT2D eigenvalue weighted by molar-refractivity contribution is -0.133. The second-order valence-corrected chi connectivity index (χ2v) is 5.44. The van der Waals surface area contributed by atoms with Crippen molar-refractivity contribution in [1.29, 1.82) is 0 Å². The number of ether oxygens (including phenoxy) is 2. The molecule has 0 atom stereocenters. The van der Waals surface area contributed by atoms with E-state index in [1.54, 1.807) is 6.08 Å². The SMILES string of the molecule is C=CCN(CC(=O)NCCc1ccc(OCC)c(OCC)c1)C(C)=O. The smallest absolute Gasteiger partial charge is 0.239 e. The Labute approximate surface area is 149 Å². The number of rotatable bonds is 11. The molecule has 0 saturated carbocycles. The van der Waals surface area contributed by atoms with Gasteiger partial charge in [0.2, 0.25) is 11.8 Å². The maximum atomic E-state index is 11.9. The number of nitrogens with zero attached hydrogens (tertiary/aromatic N) is 1. The molecule has 2 amide bonds. The summed E-state index contributed by atoms with van der Waals surface area (Å²) < 4.78 is 11.1. The summed E-state index contributed by atoms with van der Waals surface area (Å²) in [5.74, 6) is 1.09. The van der Waals surface area contributed by atoms with Gasteiger partial charge in [0.15, 0.2) is 11.5 Å². The van der Waals surface area contributed by atoms with E-state index >= 15 is 0 Å². The van der Waals surface area contributed by atoms with Crippen LogP contribution in [0.1, 0.15) is 26.3 Å². The van der Waals surface area contributed by atoms with Gasteiger partial charge in [0.05, 0.1) is 19.8 Å². The summed E-state index contributed by atoms with van der Waals surface area (Å²) in [4.78, 5) is 24.8. The molecule has 0 saturated heterocycles. The molecule has 138 valence electrons. The Hall–Kier alpha value is -2.50. The Morgan fingerprint density at radius 2 is 1.88 bits per heavy atom. The van der Waals surface area contributed by atoms with Crippen LogP contribution < -0.4 is 14.8 Å². The number of amides is 2. The third-order valence-electron chi connectivity index (χ3n) is 3.47. The predicted octanol–water partition coefficient (Wildman–Crippen LogP) is 2.18. The van der Waals surface area contributed by atoms with Gasteiger partial charge in [-0.15, -0.1) is 6.58 Å². The first-order valence-electron chi connectivity index (χ1n) is 8.53. The van der Waals surface area contributed by atoms with Gasteiger partial charge in [-0.2, -0.15) is 0 Å². The minimum atomic E-state index is -0.187. The van der Waals surface area contributed by atoms with Crippen molar-refractivity contribution in [3.8, 4) is 11.5 Å². The molecular weight excluding hydrogens is 320 g/mol. The van der Waals surface area contributed by atoms with Crippen LogP contribution >= 0.6 is 0 Å². The molecule has 0 spiro atoms. The Morgan fingerprint density at radius 3 is 2.48 bits per heavy atom. The second kappa shape index (κ2) is 11.1. The van der Waals surface area contributed by atoms with Gasteiger partial charge in [-0.1, -0.05) is 12.1 Å². The van der Waals surface area contributed by atoms with Gasteiger partial charge in [0.1, 0.15) is 0 Å². The van der Waals surface area contributed by atoms with E-state index in [1.165, 1.54) is 11.8 Å². The fourth-order valence-corrected chi connectivity index (χ4v) is 2.29. The molecular formula is C19H28N2O4. The lowest BCUT2D eigenvalue weighted by Crippen LogP contribution is -2.40.